The third-order valence-electron chi connectivity index (χ3n) is 7.10. The first-order valence-electron chi connectivity index (χ1n) is 13.9. The van der Waals surface area contributed by atoms with E-state index in [-0.39, 0.29) is 23.6 Å². The highest BCUT2D eigenvalue weighted by Gasteiger charge is 2.18. The van der Waals surface area contributed by atoms with Crippen molar-refractivity contribution in [1.29, 1.82) is 0 Å². The smallest absolute Gasteiger partial charge is 0.335 e. The summed E-state index contributed by atoms with van der Waals surface area (Å²) >= 11 is 3.49. The minimum Gasteiger partial charge on any atom is -0.493 e. The molecule has 0 fully saturated rings. The number of aromatic carboxylic acids is 1. The molecule has 0 atom stereocenters. The molecule has 1 N–H and O–H groups in total. The first-order chi connectivity index (χ1) is 21.8. The number of hydrogen-bond donors (Lipinski definition) is 1. The van der Waals surface area contributed by atoms with Gasteiger partial charge >= 0.3 is 5.97 Å². The fraction of sp³-hybridized carbons (Fsp3) is 0.0857. The van der Waals surface area contributed by atoms with E-state index in [0.717, 1.165) is 21.0 Å². The molecule has 0 unspecified atom stereocenters. The quantitative estimate of drug-likeness (QED) is 0.119. The van der Waals surface area contributed by atoms with E-state index in [1.165, 1.54) is 23.9 Å². The predicted molar refractivity (Wildman–Crippen MR) is 177 cm³/mol. The molecule has 0 aliphatic rings. The summed E-state index contributed by atoms with van der Waals surface area (Å²) in [5.74, 6) is 0.650. The van der Waals surface area contributed by atoms with Gasteiger partial charge in [0, 0.05) is 15.4 Å². The number of hydrogen-bond acceptors (Lipinski definition) is 7. The summed E-state index contributed by atoms with van der Waals surface area (Å²) in [6, 6.07) is 24.7. The van der Waals surface area contributed by atoms with Crippen molar-refractivity contribution in [2.24, 2.45) is 5.10 Å². The van der Waals surface area contributed by atoms with Crippen molar-refractivity contribution in [3.8, 4) is 23.1 Å². The lowest BCUT2D eigenvalue weighted by Gasteiger charge is -2.16. The molecule has 0 saturated heterocycles. The Kier molecular flexibility index (Phi) is 8.30. The molecule has 9 nitrogen and oxygen atoms in total. The number of ether oxygens (including phenoxy) is 2. The van der Waals surface area contributed by atoms with Crippen molar-refractivity contribution in [1.82, 2.24) is 9.66 Å². The summed E-state index contributed by atoms with van der Waals surface area (Å²) in [5, 5.41) is 15.0. The Morgan fingerprint density at radius 1 is 1.09 bits per heavy atom. The normalized spacial score (nSPS) is 11.3. The van der Waals surface area contributed by atoms with Crippen LogP contribution in [0.2, 0.25) is 0 Å². The Labute approximate surface area is 265 Å². The summed E-state index contributed by atoms with van der Waals surface area (Å²) in [6.45, 7) is 4.07. The van der Waals surface area contributed by atoms with E-state index in [1.54, 1.807) is 48.7 Å². The van der Waals surface area contributed by atoms with Crippen LogP contribution in [-0.4, -0.2) is 34.1 Å². The molecule has 45 heavy (non-hydrogen) atoms. The number of fused-ring (bicyclic) bond motifs is 2. The number of carbonyl (C=O) groups is 1. The number of allylic oxidation sites excluding steroid dienone is 1. The summed E-state index contributed by atoms with van der Waals surface area (Å²) in [6.07, 6.45) is 3.78. The summed E-state index contributed by atoms with van der Waals surface area (Å²) in [5.41, 5.74) is 3.27. The van der Waals surface area contributed by atoms with Crippen LogP contribution in [0.3, 0.4) is 0 Å². The van der Waals surface area contributed by atoms with Crippen LogP contribution in [-0.2, 0) is 13.0 Å². The zero-order valence-corrected chi connectivity index (χ0v) is 25.7. The highest BCUT2D eigenvalue weighted by atomic mass is 79.9. The van der Waals surface area contributed by atoms with E-state index in [9.17, 15) is 9.59 Å². The Morgan fingerprint density at radius 3 is 2.64 bits per heavy atom. The topological polar surface area (TPSA) is 116 Å². The van der Waals surface area contributed by atoms with Crippen molar-refractivity contribution < 1.29 is 23.8 Å². The lowest BCUT2D eigenvalue weighted by molar-refractivity contribution is 0.0697. The minimum absolute atomic E-state index is 0.198. The van der Waals surface area contributed by atoms with Gasteiger partial charge in [-0.2, -0.15) is 9.78 Å². The monoisotopic (exact) mass is 663 g/mol. The summed E-state index contributed by atoms with van der Waals surface area (Å²) in [7, 11) is 1.54. The third kappa shape index (κ3) is 6.13. The second kappa shape index (κ2) is 12.6. The average Bonchev–Trinajstić information content (AvgIpc) is 3.47. The van der Waals surface area contributed by atoms with Gasteiger partial charge in [0.1, 0.15) is 12.2 Å². The number of aromatic nitrogens is 2. The van der Waals surface area contributed by atoms with E-state index < -0.39 is 5.97 Å². The molecular formula is C35H26BrN3O6. The zero-order chi connectivity index (χ0) is 31.5. The number of rotatable bonds is 10. The molecular weight excluding hydrogens is 638 g/mol. The van der Waals surface area contributed by atoms with Gasteiger partial charge < -0.3 is 19.0 Å². The Bertz CT molecular complexity index is 2170. The van der Waals surface area contributed by atoms with Gasteiger partial charge in [-0.1, -0.05) is 46.3 Å². The number of benzene rings is 4. The molecule has 0 bridgehead atoms. The van der Waals surface area contributed by atoms with Gasteiger partial charge in [-0.3, -0.25) is 4.79 Å². The van der Waals surface area contributed by atoms with Crippen LogP contribution in [0.4, 0.5) is 0 Å². The fourth-order valence-electron chi connectivity index (χ4n) is 4.92. The van der Waals surface area contributed by atoms with Crippen LogP contribution in [0.25, 0.3) is 33.5 Å². The standard InChI is InChI=1S/C35H26BrN3O6/c1-3-6-24-15-22(16-30(43-2)32(24)44-20-21-9-11-23(12-10-21)35(41)42)19-37-39-33(38-28-8-5-4-7-27(28)34(39)40)31-18-25-17-26(36)13-14-29(25)45-31/h3-5,7-19H,1,6,20H2,2H3,(H,41,42). The third-order valence-corrected chi connectivity index (χ3v) is 7.59. The Hall–Kier alpha value is -5.48. The van der Waals surface area contributed by atoms with Gasteiger partial charge in [0.2, 0.25) is 5.82 Å². The van der Waals surface area contributed by atoms with Crippen LogP contribution in [0.1, 0.15) is 27.0 Å². The number of furan rings is 1. The van der Waals surface area contributed by atoms with Crippen molar-refractivity contribution in [3.63, 3.8) is 0 Å². The highest BCUT2D eigenvalue weighted by molar-refractivity contribution is 9.10. The summed E-state index contributed by atoms with van der Waals surface area (Å²) in [4.78, 5) is 29.6. The van der Waals surface area contributed by atoms with Crippen molar-refractivity contribution in [3.05, 3.63) is 135 Å². The van der Waals surface area contributed by atoms with E-state index in [1.807, 2.05) is 36.4 Å². The number of para-hydroxylation sites is 1. The van der Waals surface area contributed by atoms with E-state index in [4.69, 9.17) is 24.0 Å². The first kappa shape index (κ1) is 29.6. The van der Waals surface area contributed by atoms with E-state index in [2.05, 4.69) is 27.6 Å². The SMILES string of the molecule is C=CCc1cc(C=Nn2c(-c3cc4cc(Br)ccc4o3)nc3ccccc3c2=O)cc(OC)c1OCc1ccc(C(=O)O)cc1. The molecule has 10 heteroatoms. The minimum atomic E-state index is -0.991. The molecule has 2 aromatic heterocycles. The number of carboxylic acids is 1. The molecule has 0 radical (unpaired) electrons. The van der Waals surface area contributed by atoms with Crippen molar-refractivity contribution in [2.45, 2.75) is 13.0 Å². The maximum atomic E-state index is 13.7. The Morgan fingerprint density at radius 2 is 1.89 bits per heavy atom. The first-order valence-corrected chi connectivity index (χ1v) is 14.7. The van der Waals surface area contributed by atoms with Crippen molar-refractivity contribution >= 4 is 50.0 Å². The molecule has 0 aliphatic heterocycles. The lowest BCUT2D eigenvalue weighted by atomic mass is 10.1. The van der Waals surface area contributed by atoms with E-state index >= 15 is 0 Å². The number of carboxylic acid groups (broad SMARTS) is 1. The maximum absolute atomic E-state index is 13.7. The molecule has 0 saturated carbocycles. The lowest BCUT2D eigenvalue weighted by Crippen LogP contribution is -2.20. The number of methoxy groups -OCH3 is 1. The molecule has 4 aromatic carbocycles. The van der Waals surface area contributed by atoms with Gasteiger partial charge in [0.15, 0.2) is 17.3 Å². The van der Waals surface area contributed by atoms with E-state index in [0.29, 0.717) is 45.7 Å². The Balaban J connectivity index is 1.39. The fourth-order valence-corrected chi connectivity index (χ4v) is 5.30. The van der Waals surface area contributed by atoms with Gasteiger partial charge in [-0.15, -0.1) is 6.58 Å². The van der Waals surface area contributed by atoms with Gasteiger partial charge in [-0.25, -0.2) is 9.78 Å². The number of halogens is 1. The average molecular weight is 665 g/mol. The van der Waals surface area contributed by atoms with Gasteiger partial charge in [0.05, 0.1) is 29.8 Å². The zero-order valence-electron chi connectivity index (χ0n) is 24.1. The maximum Gasteiger partial charge on any atom is 0.335 e. The second-order valence-electron chi connectivity index (χ2n) is 10.1. The van der Waals surface area contributed by atoms with Gasteiger partial charge in [-0.05, 0) is 78.2 Å². The molecule has 6 aromatic rings. The van der Waals surface area contributed by atoms with Gasteiger partial charge in [0.25, 0.3) is 5.56 Å². The molecule has 0 spiro atoms. The second-order valence-corrected chi connectivity index (χ2v) is 11.0. The van der Waals surface area contributed by atoms with Crippen LogP contribution in [0, 0.1) is 0 Å². The molecule has 6 rings (SSSR count). The molecule has 224 valence electrons. The van der Waals surface area contributed by atoms with Crippen LogP contribution in [0.5, 0.6) is 11.5 Å². The number of nitrogens with zero attached hydrogens (tertiary/aromatic N) is 3. The molecule has 0 aliphatic carbocycles. The van der Waals surface area contributed by atoms with Crippen LogP contribution < -0.4 is 15.0 Å². The predicted octanol–water partition coefficient (Wildman–Crippen LogP) is 7.47. The summed E-state index contributed by atoms with van der Waals surface area (Å²) < 4.78 is 20.1. The largest absolute Gasteiger partial charge is 0.493 e. The highest BCUT2D eigenvalue weighted by Crippen LogP contribution is 2.34. The van der Waals surface area contributed by atoms with Crippen molar-refractivity contribution in [2.75, 3.05) is 7.11 Å². The van der Waals surface area contributed by atoms with Crippen LogP contribution >= 0.6 is 15.9 Å². The van der Waals surface area contributed by atoms with Crippen LogP contribution in [0.15, 0.2) is 116 Å². The molecule has 0 amide bonds. The molecule has 2 heterocycles.